The Balaban J connectivity index is 2.19. The minimum absolute atomic E-state index is 0.155. The summed E-state index contributed by atoms with van der Waals surface area (Å²) in [7, 11) is 1.79. The highest BCUT2D eigenvalue weighted by Crippen LogP contribution is 2.21. The molecule has 0 spiro atoms. The van der Waals surface area contributed by atoms with Crippen LogP contribution in [0.15, 0.2) is 6.07 Å². The third-order valence-corrected chi connectivity index (χ3v) is 2.75. The summed E-state index contributed by atoms with van der Waals surface area (Å²) in [6.45, 7) is 0.416. The maximum atomic E-state index is 11.6. The SMILES string of the molecule is CNCC(=O)c1cc2c([nH]1)CCCC2. The van der Waals surface area contributed by atoms with Gasteiger partial charge in [-0.05, 0) is 44.4 Å². The van der Waals surface area contributed by atoms with Crippen molar-refractivity contribution in [2.75, 3.05) is 13.6 Å². The molecule has 0 aliphatic heterocycles. The summed E-state index contributed by atoms with van der Waals surface area (Å²) in [5.74, 6) is 0.155. The third kappa shape index (κ3) is 1.73. The van der Waals surface area contributed by atoms with Crippen LogP contribution >= 0.6 is 0 Å². The van der Waals surface area contributed by atoms with Crippen molar-refractivity contribution >= 4 is 5.78 Å². The number of H-pyrrole nitrogens is 1. The molecule has 0 saturated carbocycles. The Kier molecular flexibility index (Phi) is 2.68. The molecule has 0 atom stereocenters. The molecule has 0 bridgehead atoms. The van der Waals surface area contributed by atoms with E-state index in [4.69, 9.17) is 0 Å². The zero-order valence-corrected chi connectivity index (χ0v) is 8.52. The first-order valence-corrected chi connectivity index (χ1v) is 5.20. The van der Waals surface area contributed by atoms with E-state index >= 15 is 0 Å². The fraction of sp³-hybridized carbons (Fsp3) is 0.545. The van der Waals surface area contributed by atoms with E-state index in [2.05, 4.69) is 10.3 Å². The van der Waals surface area contributed by atoms with Crippen molar-refractivity contribution in [3.05, 3.63) is 23.0 Å². The highest BCUT2D eigenvalue weighted by Gasteiger charge is 2.15. The number of ketones is 1. The van der Waals surface area contributed by atoms with Gasteiger partial charge in [0.1, 0.15) is 0 Å². The molecule has 0 saturated heterocycles. The molecule has 3 heteroatoms. The quantitative estimate of drug-likeness (QED) is 0.709. The first-order chi connectivity index (χ1) is 6.81. The number of rotatable bonds is 3. The molecule has 1 aromatic rings. The number of aryl methyl sites for hydroxylation is 2. The standard InChI is InChI=1S/C11H16N2O/c1-12-7-11(14)10-6-8-4-2-3-5-9(8)13-10/h6,12-13H,2-5,7H2,1H3. The molecule has 1 aliphatic carbocycles. The van der Waals surface area contributed by atoms with Crippen molar-refractivity contribution in [1.82, 2.24) is 10.3 Å². The molecule has 0 fully saturated rings. The van der Waals surface area contributed by atoms with Crippen LogP contribution in [-0.2, 0) is 12.8 Å². The number of carbonyl (C=O) groups excluding carboxylic acids is 1. The zero-order valence-electron chi connectivity index (χ0n) is 8.52. The second-order valence-electron chi connectivity index (χ2n) is 3.85. The van der Waals surface area contributed by atoms with Crippen LogP contribution in [0.4, 0.5) is 0 Å². The normalized spacial score (nSPS) is 15.2. The van der Waals surface area contributed by atoms with Crippen LogP contribution < -0.4 is 5.32 Å². The summed E-state index contributed by atoms with van der Waals surface area (Å²) >= 11 is 0. The fourth-order valence-corrected chi connectivity index (χ4v) is 2.01. The smallest absolute Gasteiger partial charge is 0.192 e. The molecule has 0 aromatic carbocycles. The number of hydrogen-bond acceptors (Lipinski definition) is 2. The van der Waals surface area contributed by atoms with Crippen LogP contribution in [0.25, 0.3) is 0 Å². The van der Waals surface area contributed by atoms with E-state index < -0.39 is 0 Å². The van der Waals surface area contributed by atoms with Gasteiger partial charge in [0.25, 0.3) is 0 Å². The van der Waals surface area contributed by atoms with Gasteiger partial charge in [0.15, 0.2) is 5.78 Å². The predicted octanol–water partition coefficient (Wildman–Crippen LogP) is 1.30. The molecule has 1 aliphatic rings. The van der Waals surface area contributed by atoms with Crippen LogP contribution in [0.5, 0.6) is 0 Å². The van der Waals surface area contributed by atoms with Gasteiger partial charge in [-0.1, -0.05) is 0 Å². The average Bonchev–Trinajstić information content (AvgIpc) is 2.61. The maximum absolute atomic E-state index is 11.6. The monoisotopic (exact) mass is 192 g/mol. The fourth-order valence-electron chi connectivity index (χ4n) is 2.01. The number of likely N-dealkylation sites (N-methyl/N-ethyl adjacent to an activating group) is 1. The van der Waals surface area contributed by atoms with Gasteiger partial charge >= 0.3 is 0 Å². The van der Waals surface area contributed by atoms with Crippen molar-refractivity contribution in [3.63, 3.8) is 0 Å². The van der Waals surface area contributed by atoms with Crippen LogP contribution in [0.1, 0.15) is 34.6 Å². The third-order valence-electron chi connectivity index (χ3n) is 2.75. The van der Waals surface area contributed by atoms with E-state index in [1.807, 2.05) is 6.07 Å². The van der Waals surface area contributed by atoms with Crippen LogP contribution in [-0.4, -0.2) is 24.4 Å². The Morgan fingerprint density at radius 3 is 3.00 bits per heavy atom. The van der Waals surface area contributed by atoms with Gasteiger partial charge in [-0.2, -0.15) is 0 Å². The number of nitrogens with one attached hydrogen (secondary N) is 2. The minimum atomic E-state index is 0.155. The van der Waals surface area contributed by atoms with Crippen molar-refractivity contribution in [2.24, 2.45) is 0 Å². The molecule has 0 radical (unpaired) electrons. The second kappa shape index (κ2) is 3.96. The summed E-state index contributed by atoms with van der Waals surface area (Å²) in [6.07, 6.45) is 4.72. The van der Waals surface area contributed by atoms with E-state index in [1.165, 1.54) is 24.1 Å². The van der Waals surface area contributed by atoms with E-state index in [1.54, 1.807) is 7.05 Å². The summed E-state index contributed by atoms with van der Waals surface area (Å²) < 4.78 is 0. The van der Waals surface area contributed by atoms with Crippen molar-refractivity contribution < 1.29 is 4.79 Å². The molecule has 2 N–H and O–H groups in total. The number of hydrogen-bond donors (Lipinski definition) is 2. The van der Waals surface area contributed by atoms with Crippen LogP contribution in [0.2, 0.25) is 0 Å². The van der Waals surface area contributed by atoms with Gasteiger partial charge in [-0.3, -0.25) is 4.79 Å². The van der Waals surface area contributed by atoms with Crippen molar-refractivity contribution in [2.45, 2.75) is 25.7 Å². The lowest BCUT2D eigenvalue weighted by Gasteiger charge is -2.08. The van der Waals surface area contributed by atoms with Gasteiger partial charge in [-0.15, -0.1) is 0 Å². The lowest BCUT2D eigenvalue weighted by molar-refractivity contribution is 0.0989. The molecule has 0 amide bonds. The first-order valence-electron chi connectivity index (χ1n) is 5.20. The van der Waals surface area contributed by atoms with Gasteiger partial charge in [0.2, 0.25) is 0 Å². The van der Waals surface area contributed by atoms with Gasteiger partial charge < -0.3 is 10.3 Å². The van der Waals surface area contributed by atoms with Crippen molar-refractivity contribution in [3.8, 4) is 0 Å². The molecule has 2 rings (SSSR count). The average molecular weight is 192 g/mol. The molecule has 14 heavy (non-hydrogen) atoms. The van der Waals surface area contributed by atoms with E-state index in [-0.39, 0.29) is 5.78 Å². The van der Waals surface area contributed by atoms with Gasteiger partial charge in [-0.25, -0.2) is 0 Å². The highest BCUT2D eigenvalue weighted by atomic mass is 16.1. The molecule has 0 unspecified atom stereocenters. The molecular weight excluding hydrogens is 176 g/mol. The van der Waals surface area contributed by atoms with E-state index in [0.29, 0.717) is 6.54 Å². The highest BCUT2D eigenvalue weighted by molar-refractivity contribution is 5.96. The van der Waals surface area contributed by atoms with Crippen LogP contribution in [0.3, 0.4) is 0 Å². The Labute approximate surface area is 83.9 Å². The molecule has 3 nitrogen and oxygen atoms in total. The van der Waals surface area contributed by atoms with Crippen molar-refractivity contribution in [1.29, 1.82) is 0 Å². The van der Waals surface area contributed by atoms with Crippen LogP contribution in [0, 0.1) is 0 Å². The summed E-state index contributed by atoms with van der Waals surface area (Å²) in [6, 6.07) is 2.02. The summed E-state index contributed by atoms with van der Waals surface area (Å²) in [5.41, 5.74) is 3.39. The Morgan fingerprint density at radius 1 is 1.50 bits per heavy atom. The number of aromatic nitrogens is 1. The van der Waals surface area contributed by atoms with Gasteiger partial charge in [0, 0.05) is 5.69 Å². The zero-order chi connectivity index (χ0) is 9.97. The molecule has 1 heterocycles. The molecule has 1 aromatic heterocycles. The Bertz CT molecular complexity index is 318. The lowest BCUT2D eigenvalue weighted by atomic mass is 9.98. The number of carbonyl (C=O) groups is 1. The molecular formula is C11H16N2O. The summed E-state index contributed by atoms with van der Waals surface area (Å²) in [5, 5.41) is 2.88. The second-order valence-corrected chi connectivity index (χ2v) is 3.85. The maximum Gasteiger partial charge on any atom is 0.192 e. The predicted molar refractivity (Wildman–Crippen MR) is 55.7 cm³/mol. The number of fused-ring (bicyclic) bond motifs is 1. The largest absolute Gasteiger partial charge is 0.356 e. The van der Waals surface area contributed by atoms with E-state index in [9.17, 15) is 4.79 Å². The number of aromatic amines is 1. The first kappa shape index (κ1) is 9.46. The van der Waals surface area contributed by atoms with Gasteiger partial charge in [0.05, 0.1) is 12.2 Å². The Morgan fingerprint density at radius 2 is 2.29 bits per heavy atom. The lowest BCUT2D eigenvalue weighted by Crippen LogP contribution is -2.18. The molecule has 76 valence electrons. The summed E-state index contributed by atoms with van der Waals surface area (Å²) in [4.78, 5) is 14.8. The number of Topliss-reactive ketones (excluding diaryl/α,β-unsaturated/α-hetero) is 1. The van der Waals surface area contributed by atoms with E-state index in [0.717, 1.165) is 18.5 Å². The minimum Gasteiger partial charge on any atom is -0.356 e. The Hall–Kier alpha value is -1.09. The topological polar surface area (TPSA) is 44.9 Å².